The number of aromatic nitrogens is 2. The zero-order valence-electron chi connectivity index (χ0n) is 11.3. The van der Waals surface area contributed by atoms with Crippen molar-refractivity contribution < 1.29 is 5.11 Å². The lowest BCUT2D eigenvalue weighted by molar-refractivity contribution is -0.0272. The van der Waals surface area contributed by atoms with Crippen molar-refractivity contribution >= 4 is 0 Å². The number of hydrogen-bond acceptors (Lipinski definition) is 4. The molecule has 0 radical (unpaired) electrons. The predicted octanol–water partition coefficient (Wildman–Crippen LogP) is 2.16. The lowest BCUT2D eigenvalue weighted by atomic mass is 9.85. The molecule has 0 bridgehead atoms. The van der Waals surface area contributed by atoms with Gasteiger partial charge in [-0.05, 0) is 25.9 Å². The summed E-state index contributed by atoms with van der Waals surface area (Å²) in [6.45, 7) is 6.28. The highest BCUT2D eigenvalue weighted by Gasteiger charge is 2.45. The molecule has 1 unspecified atom stereocenters. The first-order valence-corrected chi connectivity index (χ1v) is 6.92. The van der Waals surface area contributed by atoms with Crippen LogP contribution in [-0.2, 0) is 0 Å². The number of hydrogen-bond donors (Lipinski definition) is 1. The Morgan fingerprint density at radius 2 is 1.78 bits per heavy atom. The monoisotopic (exact) mass is 249 g/mol. The van der Waals surface area contributed by atoms with E-state index >= 15 is 0 Å². The molecule has 18 heavy (non-hydrogen) atoms. The van der Waals surface area contributed by atoms with Crippen LogP contribution in [-0.4, -0.2) is 38.6 Å². The Bertz CT molecular complexity index is 359. The molecule has 1 heterocycles. The van der Waals surface area contributed by atoms with E-state index in [4.69, 9.17) is 0 Å². The van der Waals surface area contributed by atoms with Crippen molar-refractivity contribution in [1.29, 1.82) is 0 Å². The van der Waals surface area contributed by atoms with Gasteiger partial charge in [0.25, 0.3) is 0 Å². The van der Waals surface area contributed by atoms with E-state index in [1.54, 1.807) is 12.4 Å². The van der Waals surface area contributed by atoms with Gasteiger partial charge in [-0.3, -0.25) is 4.90 Å². The Balaban J connectivity index is 2.30. The van der Waals surface area contributed by atoms with E-state index in [1.807, 2.05) is 0 Å². The highest BCUT2D eigenvalue weighted by atomic mass is 16.3. The van der Waals surface area contributed by atoms with Crippen LogP contribution < -0.4 is 0 Å². The van der Waals surface area contributed by atoms with Crippen molar-refractivity contribution in [1.82, 2.24) is 14.9 Å². The topological polar surface area (TPSA) is 49.2 Å². The van der Waals surface area contributed by atoms with Crippen LogP contribution in [0.3, 0.4) is 0 Å². The van der Waals surface area contributed by atoms with Crippen molar-refractivity contribution in [3.8, 4) is 0 Å². The van der Waals surface area contributed by atoms with E-state index in [0.717, 1.165) is 31.5 Å². The van der Waals surface area contributed by atoms with Crippen LogP contribution in [0.5, 0.6) is 0 Å². The maximum absolute atomic E-state index is 10.8. The van der Waals surface area contributed by atoms with Gasteiger partial charge in [0.05, 0.1) is 5.54 Å². The lowest BCUT2D eigenvalue weighted by Crippen LogP contribution is -2.51. The summed E-state index contributed by atoms with van der Waals surface area (Å²) in [6.07, 6.45) is 9.01. The second-order valence-electron chi connectivity index (χ2n) is 5.06. The maximum atomic E-state index is 10.8. The molecule has 1 atom stereocenters. The number of aliphatic hydroxyl groups excluding tert-OH is 1. The van der Waals surface area contributed by atoms with E-state index in [-0.39, 0.29) is 5.54 Å². The quantitative estimate of drug-likeness (QED) is 0.869. The molecule has 1 saturated carbocycles. The Labute approximate surface area is 109 Å². The van der Waals surface area contributed by atoms with Crippen LogP contribution in [0.15, 0.2) is 18.7 Å². The molecule has 0 aliphatic heterocycles. The number of aliphatic hydroxyl groups is 1. The smallest absolute Gasteiger partial charge is 0.115 e. The van der Waals surface area contributed by atoms with Crippen LogP contribution in [0.25, 0.3) is 0 Å². The number of likely N-dealkylation sites (N-methyl/N-ethyl adjacent to an activating group) is 1. The van der Waals surface area contributed by atoms with Gasteiger partial charge >= 0.3 is 0 Å². The second kappa shape index (κ2) is 5.76. The van der Waals surface area contributed by atoms with Crippen molar-refractivity contribution in [2.45, 2.75) is 51.2 Å². The average molecular weight is 249 g/mol. The summed E-state index contributed by atoms with van der Waals surface area (Å²) >= 11 is 0. The highest BCUT2D eigenvalue weighted by Crippen LogP contribution is 2.44. The first-order valence-electron chi connectivity index (χ1n) is 6.92. The van der Waals surface area contributed by atoms with Crippen LogP contribution in [0, 0.1) is 0 Å². The molecule has 1 N–H and O–H groups in total. The highest BCUT2D eigenvalue weighted by molar-refractivity contribution is 5.16. The van der Waals surface area contributed by atoms with Gasteiger partial charge in [-0.15, -0.1) is 0 Å². The van der Waals surface area contributed by atoms with Gasteiger partial charge in [0.1, 0.15) is 12.4 Å². The molecule has 100 valence electrons. The zero-order valence-corrected chi connectivity index (χ0v) is 11.3. The fraction of sp³-hybridized carbons (Fsp3) is 0.714. The molecule has 0 spiro atoms. The Morgan fingerprint density at radius 1 is 1.22 bits per heavy atom. The van der Waals surface area contributed by atoms with Gasteiger partial charge in [0.15, 0.2) is 0 Å². The van der Waals surface area contributed by atoms with Crippen molar-refractivity contribution in [3.05, 3.63) is 24.3 Å². The van der Waals surface area contributed by atoms with Crippen LogP contribution in [0.4, 0.5) is 0 Å². The van der Waals surface area contributed by atoms with Gasteiger partial charge in [-0.2, -0.15) is 0 Å². The molecular weight excluding hydrogens is 226 g/mol. The summed E-state index contributed by atoms with van der Waals surface area (Å²) in [5, 5.41) is 10.8. The summed E-state index contributed by atoms with van der Waals surface area (Å²) < 4.78 is 0. The summed E-state index contributed by atoms with van der Waals surface area (Å²) in [5.41, 5.74) is 0.722. The minimum atomic E-state index is -0.485. The van der Waals surface area contributed by atoms with Crippen LogP contribution in [0.1, 0.15) is 51.2 Å². The molecular formula is C14H23N3O. The standard InChI is InChI=1S/C14H23N3O/c1-3-17(4-2)14(7-5-6-8-14)13(18)12-9-15-11-16-10-12/h9-11,13,18H,3-8H2,1-2H3. The number of nitrogens with zero attached hydrogens (tertiary/aromatic N) is 3. The minimum Gasteiger partial charge on any atom is -0.386 e. The molecule has 1 aliphatic rings. The van der Waals surface area contributed by atoms with E-state index in [0.29, 0.717) is 0 Å². The van der Waals surface area contributed by atoms with E-state index < -0.39 is 6.10 Å². The SMILES string of the molecule is CCN(CC)C1(C(O)c2cncnc2)CCCC1. The van der Waals surface area contributed by atoms with Crippen molar-refractivity contribution in [3.63, 3.8) is 0 Å². The van der Waals surface area contributed by atoms with Crippen molar-refractivity contribution in [2.75, 3.05) is 13.1 Å². The summed E-state index contributed by atoms with van der Waals surface area (Å²) in [5.74, 6) is 0. The molecule has 1 aromatic heterocycles. The van der Waals surface area contributed by atoms with Gasteiger partial charge < -0.3 is 5.11 Å². The van der Waals surface area contributed by atoms with E-state index in [9.17, 15) is 5.11 Å². The first kappa shape index (κ1) is 13.4. The minimum absolute atomic E-state index is 0.117. The van der Waals surface area contributed by atoms with Crippen molar-refractivity contribution in [2.24, 2.45) is 0 Å². The third-order valence-electron chi connectivity index (χ3n) is 4.27. The zero-order chi connectivity index (χ0) is 13.0. The summed E-state index contributed by atoms with van der Waals surface area (Å²) in [7, 11) is 0. The third-order valence-corrected chi connectivity index (χ3v) is 4.27. The summed E-state index contributed by atoms with van der Waals surface area (Å²) in [4.78, 5) is 10.5. The Kier molecular flexibility index (Phi) is 4.30. The maximum Gasteiger partial charge on any atom is 0.115 e. The largest absolute Gasteiger partial charge is 0.386 e. The molecule has 0 saturated heterocycles. The Hall–Kier alpha value is -1.00. The molecule has 1 aromatic rings. The Morgan fingerprint density at radius 3 is 2.28 bits per heavy atom. The molecule has 2 rings (SSSR count). The lowest BCUT2D eigenvalue weighted by Gasteiger charge is -2.44. The molecule has 0 aromatic carbocycles. The van der Waals surface area contributed by atoms with Gasteiger partial charge in [0, 0.05) is 18.0 Å². The van der Waals surface area contributed by atoms with E-state index in [2.05, 4.69) is 28.7 Å². The third kappa shape index (κ3) is 2.27. The van der Waals surface area contributed by atoms with Crippen LogP contribution >= 0.6 is 0 Å². The molecule has 4 nitrogen and oxygen atoms in total. The first-order chi connectivity index (χ1) is 8.74. The molecule has 4 heteroatoms. The second-order valence-corrected chi connectivity index (χ2v) is 5.06. The normalized spacial score (nSPS) is 20.2. The van der Waals surface area contributed by atoms with Gasteiger partial charge in [0.2, 0.25) is 0 Å². The predicted molar refractivity (Wildman–Crippen MR) is 71.1 cm³/mol. The number of rotatable bonds is 5. The van der Waals surface area contributed by atoms with Gasteiger partial charge in [-0.25, -0.2) is 9.97 Å². The molecule has 0 amide bonds. The van der Waals surface area contributed by atoms with Gasteiger partial charge in [-0.1, -0.05) is 26.7 Å². The average Bonchev–Trinajstić information content (AvgIpc) is 2.91. The summed E-state index contributed by atoms with van der Waals surface area (Å²) in [6, 6.07) is 0. The van der Waals surface area contributed by atoms with E-state index in [1.165, 1.54) is 19.2 Å². The fourth-order valence-electron chi connectivity index (χ4n) is 3.37. The molecule has 1 fully saturated rings. The molecule has 1 aliphatic carbocycles. The van der Waals surface area contributed by atoms with Crippen LogP contribution in [0.2, 0.25) is 0 Å². The fourth-order valence-corrected chi connectivity index (χ4v) is 3.37.